The lowest BCUT2D eigenvalue weighted by atomic mass is 10.4. The molecule has 48 valence electrons. The topological polar surface area (TPSA) is 69.1 Å². The van der Waals surface area contributed by atoms with E-state index in [-0.39, 0.29) is 0 Å². The summed E-state index contributed by atoms with van der Waals surface area (Å²) in [5.74, 6) is -1.43. The normalized spacial score (nSPS) is 17.5. The number of hydrogen-bond acceptors (Lipinski definition) is 3. The second-order valence-corrected chi connectivity index (χ2v) is 1.21. The second-order valence-electron chi connectivity index (χ2n) is 1.21. The summed E-state index contributed by atoms with van der Waals surface area (Å²) in [6.07, 6.45) is -4.59. The van der Waals surface area contributed by atoms with Crippen molar-refractivity contribution in [2.24, 2.45) is 11.5 Å². The second kappa shape index (κ2) is 2.68. The molecule has 0 saturated heterocycles. The summed E-state index contributed by atoms with van der Waals surface area (Å²) in [6.45, 7) is 0. The van der Waals surface area contributed by atoms with E-state index in [1.54, 1.807) is 0 Å². The summed E-state index contributed by atoms with van der Waals surface area (Å²) < 4.78 is 22.9. The third-order valence-electron chi connectivity index (χ3n) is 0.544. The number of carbonyl (C=O) groups is 1. The van der Waals surface area contributed by atoms with Crippen LogP contribution in [-0.2, 0) is 4.79 Å². The largest absolute Gasteiger partial charge is 0.295 e. The van der Waals surface area contributed by atoms with Crippen LogP contribution in [0, 0.1) is 0 Å². The number of hydrogen-bond donors (Lipinski definition) is 2. The van der Waals surface area contributed by atoms with E-state index in [0.717, 1.165) is 0 Å². The minimum atomic E-state index is -2.30. The maximum absolute atomic E-state index is 11.5. The molecule has 0 rings (SSSR count). The summed E-state index contributed by atoms with van der Waals surface area (Å²) in [4.78, 5) is 9.84. The fourth-order valence-electron chi connectivity index (χ4n) is 0.152. The summed E-state index contributed by atoms with van der Waals surface area (Å²) >= 11 is 0. The SMILES string of the molecule is NC(F)C(=O)C(N)F. The zero-order chi connectivity index (χ0) is 6.73. The van der Waals surface area contributed by atoms with E-state index in [1.807, 2.05) is 0 Å². The van der Waals surface area contributed by atoms with Gasteiger partial charge in [-0.25, -0.2) is 8.78 Å². The number of Topliss-reactive ketones (excluding diaryl/α,β-unsaturated/α-hetero) is 1. The first-order valence-corrected chi connectivity index (χ1v) is 1.88. The Morgan fingerprint density at radius 1 is 1.25 bits per heavy atom. The molecule has 0 radical (unpaired) electrons. The minimum Gasteiger partial charge on any atom is -0.295 e. The number of rotatable bonds is 2. The van der Waals surface area contributed by atoms with Crippen LogP contribution in [0.4, 0.5) is 8.78 Å². The molecule has 0 aromatic heterocycles. The predicted octanol–water partition coefficient (Wildman–Crippen LogP) is -0.936. The Morgan fingerprint density at radius 2 is 1.50 bits per heavy atom. The highest BCUT2D eigenvalue weighted by Gasteiger charge is 2.18. The third kappa shape index (κ3) is 1.94. The van der Waals surface area contributed by atoms with E-state index in [4.69, 9.17) is 0 Å². The van der Waals surface area contributed by atoms with Crippen molar-refractivity contribution < 1.29 is 13.6 Å². The van der Waals surface area contributed by atoms with Gasteiger partial charge in [0.05, 0.1) is 0 Å². The highest BCUT2D eigenvalue weighted by Crippen LogP contribution is 1.88. The predicted molar refractivity (Wildman–Crippen MR) is 23.2 cm³/mol. The fraction of sp³-hybridized carbons (Fsp3) is 0.667. The van der Waals surface area contributed by atoms with Crippen molar-refractivity contribution in [1.82, 2.24) is 0 Å². The van der Waals surface area contributed by atoms with Gasteiger partial charge in [-0.15, -0.1) is 0 Å². The molecule has 0 aliphatic heterocycles. The molecular weight excluding hydrogens is 118 g/mol. The minimum absolute atomic E-state index is 1.43. The Balaban J connectivity index is 3.65. The molecule has 4 N–H and O–H groups in total. The van der Waals surface area contributed by atoms with Crippen LogP contribution in [-0.4, -0.2) is 18.4 Å². The molecule has 0 fully saturated rings. The average molecular weight is 124 g/mol. The number of halogens is 2. The molecule has 0 spiro atoms. The van der Waals surface area contributed by atoms with E-state index < -0.39 is 18.4 Å². The van der Waals surface area contributed by atoms with E-state index in [2.05, 4.69) is 11.5 Å². The molecule has 0 aliphatic carbocycles. The van der Waals surface area contributed by atoms with Crippen LogP contribution in [0.25, 0.3) is 0 Å². The molecule has 8 heavy (non-hydrogen) atoms. The van der Waals surface area contributed by atoms with E-state index in [0.29, 0.717) is 0 Å². The van der Waals surface area contributed by atoms with Gasteiger partial charge in [0, 0.05) is 0 Å². The molecule has 2 unspecified atom stereocenters. The smallest absolute Gasteiger partial charge is 0.229 e. The van der Waals surface area contributed by atoms with Gasteiger partial charge < -0.3 is 0 Å². The molecule has 0 aliphatic rings. The Labute approximate surface area is 44.6 Å². The quantitative estimate of drug-likeness (QED) is 0.467. The van der Waals surface area contributed by atoms with Gasteiger partial charge in [-0.1, -0.05) is 0 Å². The van der Waals surface area contributed by atoms with Crippen LogP contribution >= 0.6 is 0 Å². The maximum atomic E-state index is 11.5. The van der Waals surface area contributed by atoms with Gasteiger partial charge in [0.1, 0.15) is 0 Å². The zero-order valence-electron chi connectivity index (χ0n) is 3.97. The first-order chi connectivity index (χ1) is 3.55. The molecular formula is C3H6F2N2O. The Hall–Kier alpha value is -0.550. The molecule has 2 atom stereocenters. The Morgan fingerprint density at radius 3 is 1.50 bits per heavy atom. The molecule has 0 aromatic rings. The van der Waals surface area contributed by atoms with Crippen LogP contribution in [0.15, 0.2) is 0 Å². The molecule has 0 aromatic carbocycles. The van der Waals surface area contributed by atoms with Crippen LogP contribution in [0.3, 0.4) is 0 Å². The summed E-state index contributed by atoms with van der Waals surface area (Å²) in [6, 6.07) is 0. The van der Waals surface area contributed by atoms with Crippen molar-refractivity contribution in [1.29, 1.82) is 0 Å². The lowest BCUT2D eigenvalue weighted by Crippen LogP contribution is -2.37. The van der Waals surface area contributed by atoms with Crippen molar-refractivity contribution in [3.05, 3.63) is 0 Å². The molecule has 0 heterocycles. The van der Waals surface area contributed by atoms with E-state index >= 15 is 0 Å². The van der Waals surface area contributed by atoms with Crippen molar-refractivity contribution >= 4 is 5.78 Å². The van der Waals surface area contributed by atoms with Gasteiger partial charge in [-0.3, -0.25) is 16.3 Å². The maximum Gasteiger partial charge on any atom is 0.229 e. The van der Waals surface area contributed by atoms with E-state index in [1.165, 1.54) is 0 Å². The first-order valence-electron chi connectivity index (χ1n) is 1.88. The third-order valence-corrected chi connectivity index (χ3v) is 0.544. The lowest BCUT2D eigenvalue weighted by molar-refractivity contribution is -0.128. The molecule has 0 saturated carbocycles. The molecule has 3 nitrogen and oxygen atoms in total. The van der Waals surface area contributed by atoms with Gasteiger partial charge in [-0.05, 0) is 0 Å². The van der Waals surface area contributed by atoms with Crippen molar-refractivity contribution in [3.8, 4) is 0 Å². The highest BCUT2D eigenvalue weighted by atomic mass is 19.1. The summed E-state index contributed by atoms with van der Waals surface area (Å²) in [7, 11) is 0. The lowest BCUT2D eigenvalue weighted by Gasteiger charge is -1.99. The number of ketones is 1. The van der Waals surface area contributed by atoms with Crippen LogP contribution < -0.4 is 11.5 Å². The Kier molecular flexibility index (Phi) is 2.50. The molecule has 5 heteroatoms. The van der Waals surface area contributed by atoms with Crippen LogP contribution in [0.5, 0.6) is 0 Å². The molecule has 0 bridgehead atoms. The van der Waals surface area contributed by atoms with Crippen molar-refractivity contribution in [2.45, 2.75) is 12.6 Å². The van der Waals surface area contributed by atoms with Crippen LogP contribution in [0.2, 0.25) is 0 Å². The van der Waals surface area contributed by atoms with E-state index in [9.17, 15) is 13.6 Å². The van der Waals surface area contributed by atoms with Gasteiger partial charge in [-0.2, -0.15) is 0 Å². The average Bonchev–Trinajstić information content (AvgIpc) is 1.64. The monoisotopic (exact) mass is 124 g/mol. The van der Waals surface area contributed by atoms with Crippen LogP contribution in [0.1, 0.15) is 0 Å². The van der Waals surface area contributed by atoms with Gasteiger partial charge >= 0.3 is 0 Å². The Bertz CT molecular complexity index is 83.3. The van der Waals surface area contributed by atoms with Gasteiger partial charge in [0.25, 0.3) is 0 Å². The zero-order valence-corrected chi connectivity index (χ0v) is 3.97. The van der Waals surface area contributed by atoms with Gasteiger partial charge in [0.15, 0.2) is 0 Å². The number of nitrogens with two attached hydrogens (primary N) is 2. The fourth-order valence-corrected chi connectivity index (χ4v) is 0.152. The summed E-state index contributed by atoms with van der Waals surface area (Å²) in [5.41, 5.74) is 8.60. The number of alkyl halides is 2. The standard InChI is InChI=1S/C3H6F2N2O/c4-2(6)1(8)3(5)7/h2-3H,6-7H2. The van der Waals surface area contributed by atoms with Crippen molar-refractivity contribution in [3.63, 3.8) is 0 Å². The highest BCUT2D eigenvalue weighted by molar-refractivity contribution is 5.85. The summed E-state index contributed by atoms with van der Waals surface area (Å²) in [5, 5.41) is 0. The van der Waals surface area contributed by atoms with Crippen molar-refractivity contribution in [2.75, 3.05) is 0 Å². The number of carbonyl (C=O) groups excluding carboxylic acids is 1. The van der Waals surface area contributed by atoms with Gasteiger partial charge in [0.2, 0.25) is 18.4 Å². The molecule has 0 amide bonds. The first kappa shape index (κ1) is 7.45.